The molecule has 0 atom stereocenters. The summed E-state index contributed by atoms with van der Waals surface area (Å²) in [7, 11) is 0. The zero-order valence-electron chi connectivity index (χ0n) is 9.69. The standard InChI is InChI=1S/C8H7N3O.C6H6/c9-7-4-10-5-2-1-3-6(12)8(5)11-7;1-2-4-6-5-3-1/h1-4,12H,(H2,9,11);1-6H. The van der Waals surface area contributed by atoms with Crippen LogP contribution in [0.3, 0.4) is 0 Å². The zero-order valence-corrected chi connectivity index (χ0v) is 9.69. The summed E-state index contributed by atoms with van der Waals surface area (Å²) < 4.78 is 0. The molecular formula is C14H13N3O. The molecule has 4 heteroatoms. The van der Waals surface area contributed by atoms with E-state index in [2.05, 4.69) is 9.97 Å². The van der Waals surface area contributed by atoms with Crippen LogP contribution in [0, 0.1) is 0 Å². The van der Waals surface area contributed by atoms with Gasteiger partial charge in [-0.1, -0.05) is 42.5 Å². The van der Waals surface area contributed by atoms with Crippen molar-refractivity contribution >= 4 is 16.9 Å². The Morgan fingerprint density at radius 1 is 0.889 bits per heavy atom. The highest BCUT2D eigenvalue weighted by molar-refractivity contribution is 5.81. The molecule has 4 nitrogen and oxygen atoms in total. The third-order valence-corrected chi connectivity index (χ3v) is 2.24. The minimum Gasteiger partial charge on any atom is -0.506 e. The SMILES string of the molecule is Nc1cnc2cccc(O)c2n1.c1ccccc1. The molecule has 0 aliphatic carbocycles. The number of hydrogen-bond donors (Lipinski definition) is 2. The van der Waals surface area contributed by atoms with E-state index in [1.165, 1.54) is 6.20 Å². The summed E-state index contributed by atoms with van der Waals surface area (Å²) in [6.45, 7) is 0. The summed E-state index contributed by atoms with van der Waals surface area (Å²) in [6, 6.07) is 17.0. The highest BCUT2D eigenvalue weighted by Crippen LogP contribution is 2.20. The first-order chi connectivity index (χ1) is 8.77. The predicted molar refractivity (Wildman–Crippen MR) is 72.1 cm³/mol. The molecule has 0 fully saturated rings. The summed E-state index contributed by atoms with van der Waals surface area (Å²) in [4.78, 5) is 7.93. The van der Waals surface area contributed by atoms with E-state index in [0.717, 1.165) is 0 Å². The van der Waals surface area contributed by atoms with Crippen LogP contribution in [-0.2, 0) is 0 Å². The van der Waals surface area contributed by atoms with Crippen molar-refractivity contribution < 1.29 is 5.11 Å². The molecule has 18 heavy (non-hydrogen) atoms. The van der Waals surface area contributed by atoms with Crippen LogP contribution in [0.25, 0.3) is 11.0 Å². The van der Waals surface area contributed by atoms with Gasteiger partial charge >= 0.3 is 0 Å². The molecule has 3 aromatic rings. The lowest BCUT2D eigenvalue weighted by Gasteiger charge is -1.98. The fourth-order valence-corrected chi connectivity index (χ4v) is 1.42. The highest BCUT2D eigenvalue weighted by atomic mass is 16.3. The Labute approximate surface area is 105 Å². The fraction of sp³-hybridized carbons (Fsp3) is 0. The van der Waals surface area contributed by atoms with E-state index in [1.54, 1.807) is 18.2 Å². The molecule has 0 bridgehead atoms. The topological polar surface area (TPSA) is 72.0 Å². The van der Waals surface area contributed by atoms with Gasteiger partial charge in [0.1, 0.15) is 17.1 Å². The first-order valence-electron chi connectivity index (χ1n) is 5.47. The van der Waals surface area contributed by atoms with Crippen LogP contribution < -0.4 is 5.73 Å². The Balaban J connectivity index is 0.000000169. The van der Waals surface area contributed by atoms with Crippen LogP contribution in [0.5, 0.6) is 5.75 Å². The highest BCUT2D eigenvalue weighted by Gasteiger charge is 2.00. The molecule has 0 spiro atoms. The Morgan fingerprint density at radius 2 is 1.50 bits per heavy atom. The number of fused-ring (bicyclic) bond motifs is 1. The lowest BCUT2D eigenvalue weighted by molar-refractivity contribution is 0.480. The van der Waals surface area contributed by atoms with Gasteiger partial charge in [-0.3, -0.25) is 4.98 Å². The van der Waals surface area contributed by atoms with Crippen LogP contribution in [0.4, 0.5) is 5.82 Å². The van der Waals surface area contributed by atoms with Gasteiger partial charge in [-0.05, 0) is 12.1 Å². The average molecular weight is 239 g/mol. The summed E-state index contributed by atoms with van der Waals surface area (Å²) >= 11 is 0. The second-order valence-electron chi connectivity index (χ2n) is 3.59. The van der Waals surface area contributed by atoms with Gasteiger partial charge in [-0.15, -0.1) is 0 Å². The number of aromatic hydroxyl groups is 1. The van der Waals surface area contributed by atoms with E-state index in [4.69, 9.17) is 5.73 Å². The minimum atomic E-state index is 0.104. The van der Waals surface area contributed by atoms with Gasteiger partial charge < -0.3 is 10.8 Å². The lowest BCUT2D eigenvalue weighted by atomic mass is 10.3. The molecule has 1 heterocycles. The van der Waals surface area contributed by atoms with Gasteiger partial charge in [0.2, 0.25) is 0 Å². The van der Waals surface area contributed by atoms with Gasteiger partial charge in [-0.2, -0.15) is 0 Å². The van der Waals surface area contributed by atoms with Crippen LogP contribution in [0.1, 0.15) is 0 Å². The monoisotopic (exact) mass is 239 g/mol. The average Bonchev–Trinajstić information content (AvgIpc) is 2.43. The maximum atomic E-state index is 9.34. The second-order valence-corrected chi connectivity index (χ2v) is 3.59. The zero-order chi connectivity index (χ0) is 12.8. The third kappa shape index (κ3) is 2.95. The third-order valence-electron chi connectivity index (χ3n) is 2.24. The summed E-state index contributed by atoms with van der Waals surface area (Å²) in [5, 5.41) is 9.34. The Kier molecular flexibility index (Phi) is 3.71. The van der Waals surface area contributed by atoms with Crippen molar-refractivity contribution in [2.45, 2.75) is 0 Å². The normalized spacial score (nSPS) is 9.56. The van der Waals surface area contributed by atoms with Crippen molar-refractivity contribution in [2.75, 3.05) is 5.73 Å². The number of anilines is 1. The molecular weight excluding hydrogens is 226 g/mol. The number of benzene rings is 2. The molecule has 2 aromatic carbocycles. The van der Waals surface area contributed by atoms with Crippen LogP contribution in [-0.4, -0.2) is 15.1 Å². The maximum absolute atomic E-state index is 9.34. The number of phenols is 1. The second kappa shape index (κ2) is 5.63. The van der Waals surface area contributed by atoms with Crippen LogP contribution in [0.15, 0.2) is 60.8 Å². The summed E-state index contributed by atoms with van der Waals surface area (Å²) in [5.41, 5.74) is 6.49. The van der Waals surface area contributed by atoms with Gasteiger partial charge in [0.25, 0.3) is 0 Å². The van der Waals surface area contributed by atoms with Crippen molar-refractivity contribution in [3.8, 4) is 5.75 Å². The molecule has 0 radical (unpaired) electrons. The number of nitrogens with two attached hydrogens (primary N) is 1. The molecule has 3 N–H and O–H groups in total. The van der Waals surface area contributed by atoms with Gasteiger partial charge in [0, 0.05) is 0 Å². The predicted octanol–water partition coefficient (Wildman–Crippen LogP) is 2.60. The van der Waals surface area contributed by atoms with E-state index >= 15 is 0 Å². The number of aromatic nitrogens is 2. The molecule has 0 aliphatic heterocycles. The maximum Gasteiger partial charge on any atom is 0.143 e. The molecule has 0 unspecified atom stereocenters. The van der Waals surface area contributed by atoms with Gasteiger partial charge in [0.05, 0.1) is 11.7 Å². The Morgan fingerprint density at radius 3 is 2.11 bits per heavy atom. The number of nitrogens with zero attached hydrogens (tertiary/aromatic N) is 2. The lowest BCUT2D eigenvalue weighted by Crippen LogP contribution is -1.92. The summed E-state index contributed by atoms with van der Waals surface area (Å²) in [6.07, 6.45) is 1.46. The number of nitrogen functional groups attached to an aromatic ring is 1. The largest absolute Gasteiger partial charge is 0.506 e. The van der Waals surface area contributed by atoms with Crippen LogP contribution >= 0.6 is 0 Å². The molecule has 0 saturated carbocycles. The van der Waals surface area contributed by atoms with Gasteiger partial charge in [0.15, 0.2) is 0 Å². The molecule has 0 aliphatic rings. The Hall–Kier alpha value is -2.62. The van der Waals surface area contributed by atoms with E-state index < -0.39 is 0 Å². The number of rotatable bonds is 0. The van der Waals surface area contributed by atoms with Crippen molar-refractivity contribution in [1.29, 1.82) is 0 Å². The van der Waals surface area contributed by atoms with E-state index in [-0.39, 0.29) is 5.75 Å². The fourth-order valence-electron chi connectivity index (χ4n) is 1.42. The van der Waals surface area contributed by atoms with Gasteiger partial charge in [-0.25, -0.2) is 4.98 Å². The van der Waals surface area contributed by atoms with E-state index in [1.807, 2.05) is 36.4 Å². The van der Waals surface area contributed by atoms with Crippen molar-refractivity contribution in [3.05, 3.63) is 60.8 Å². The minimum absolute atomic E-state index is 0.104. The van der Waals surface area contributed by atoms with E-state index in [0.29, 0.717) is 16.9 Å². The van der Waals surface area contributed by atoms with Crippen molar-refractivity contribution in [3.63, 3.8) is 0 Å². The molecule has 90 valence electrons. The number of phenolic OH excluding ortho intramolecular Hbond substituents is 1. The first-order valence-corrected chi connectivity index (χ1v) is 5.47. The molecule has 1 aromatic heterocycles. The quantitative estimate of drug-likeness (QED) is 0.632. The first kappa shape index (κ1) is 11.9. The molecule has 3 rings (SSSR count). The molecule has 0 saturated heterocycles. The van der Waals surface area contributed by atoms with Crippen LogP contribution in [0.2, 0.25) is 0 Å². The van der Waals surface area contributed by atoms with E-state index in [9.17, 15) is 5.11 Å². The number of hydrogen-bond acceptors (Lipinski definition) is 4. The van der Waals surface area contributed by atoms with Crippen molar-refractivity contribution in [1.82, 2.24) is 9.97 Å². The smallest absolute Gasteiger partial charge is 0.143 e. The number of para-hydroxylation sites is 1. The molecule has 0 amide bonds. The summed E-state index contributed by atoms with van der Waals surface area (Å²) in [5.74, 6) is 0.413. The Bertz CT molecular complexity index is 600. The van der Waals surface area contributed by atoms with Crippen molar-refractivity contribution in [2.24, 2.45) is 0 Å².